The Balaban J connectivity index is 1.86. The van der Waals surface area contributed by atoms with Crippen LogP contribution < -0.4 is 25.3 Å². The second-order valence-electron chi connectivity index (χ2n) is 5.39. The van der Waals surface area contributed by atoms with Crippen molar-refractivity contribution in [1.29, 1.82) is 0 Å². The molecule has 0 unspecified atom stereocenters. The average molecular weight is 343 g/mol. The molecule has 0 aromatic heterocycles. The van der Waals surface area contributed by atoms with Gasteiger partial charge in [-0.2, -0.15) is 0 Å². The summed E-state index contributed by atoms with van der Waals surface area (Å²) in [5.41, 5.74) is 7.91. The Morgan fingerprint density at radius 1 is 0.960 bits per heavy atom. The predicted molar refractivity (Wildman–Crippen MR) is 101 cm³/mol. The molecule has 0 heterocycles. The maximum absolute atomic E-state index is 5.94. The molecule has 25 heavy (non-hydrogen) atoms. The first-order valence-electron chi connectivity index (χ1n) is 8.08. The normalized spacial score (nSPS) is 11.1. The van der Waals surface area contributed by atoms with Gasteiger partial charge in [0.05, 0.1) is 27.0 Å². The first-order chi connectivity index (χ1) is 12.2. The van der Waals surface area contributed by atoms with Crippen molar-refractivity contribution in [3.8, 4) is 17.2 Å². The number of nitrogens with two attached hydrogens (primary N) is 1. The second kappa shape index (κ2) is 9.42. The van der Waals surface area contributed by atoms with E-state index in [-0.39, 0.29) is 0 Å². The molecule has 0 bridgehead atoms. The highest BCUT2D eigenvalue weighted by molar-refractivity contribution is 5.93. The maximum atomic E-state index is 5.94. The number of para-hydroxylation sites is 2. The van der Waals surface area contributed by atoms with Gasteiger partial charge in [0.1, 0.15) is 5.75 Å². The molecule has 0 aliphatic carbocycles. The number of hydrogen-bond donors (Lipinski definition) is 2. The molecule has 3 N–H and O–H groups in total. The van der Waals surface area contributed by atoms with Gasteiger partial charge in [-0.3, -0.25) is 4.99 Å². The fourth-order valence-electron chi connectivity index (χ4n) is 2.44. The number of aryl methyl sites for hydroxylation is 1. The van der Waals surface area contributed by atoms with Crippen LogP contribution in [0, 0.1) is 0 Å². The van der Waals surface area contributed by atoms with E-state index in [1.807, 2.05) is 42.5 Å². The van der Waals surface area contributed by atoms with Gasteiger partial charge in [-0.05, 0) is 42.7 Å². The van der Waals surface area contributed by atoms with E-state index < -0.39 is 0 Å². The Morgan fingerprint density at radius 2 is 1.68 bits per heavy atom. The molecule has 0 aliphatic rings. The Bertz CT molecular complexity index is 717. The summed E-state index contributed by atoms with van der Waals surface area (Å²) in [4.78, 5) is 4.36. The summed E-state index contributed by atoms with van der Waals surface area (Å²) in [5.74, 6) is 2.57. The average Bonchev–Trinajstić information content (AvgIpc) is 2.65. The highest BCUT2D eigenvalue weighted by atomic mass is 16.5. The van der Waals surface area contributed by atoms with Crippen molar-refractivity contribution < 1.29 is 14.2 Å². The van der Waals surface area contributed by atoms with Gasteiger partial charge in [0.15, 0.2) is 17.5 Å². The molecule has 0 atom stereocenters. The summed E-state index contributed by atoms with van der Waals surface area (Å²) in [6, 6.07) is 13.5. The zero-order valence-electron chi connectivity index (χ0n) is 14.9. The van der Waals surface area contributed by atoms with Gasteiger partial charge >= 0.3 is 0 Å². The van der Waals surface area contributed by atoms with Crippen LogP contribution in [0.2, 0.25) is 0 Å². The van der Waals surface area contributed by atoms with Crippen LogP contribution in [-0.2, 0) is 6.42 Å². The minimum atomic E-state index is 0.372. The van der Waals surface area contributed by atoms with Crippen LogP contribution >= 0.6 is 0 Å². The lowest BCUT2D eigenvalue weighted by atomic mass is 10.1. The van der Waals surface area contributed by atoms with Gasteiger partial charge in [0.25, 0.3) is 0 Å². The van der Waals surface area contributed by atoms with E-state index in [0.717, 1.165) is 35.8 Å². The van der Waals surface area contributed by atoms with Crippen molar-refractivity contribution in [2.45, 2.75) is 12.8 Å². The maximum Gasteiger partial charge on any atom is 0.193 e. The Hall–Kier alpha value is -2.89. The number of rotatable bonds is 8. The molecule has 0 fully saturated rings. The number of ether oxygens (including phenoxy) is 3. The quantitative estimate of drug-likeness (QED) is 0.437. The zero-order valence-corrected chi connectivity index (χ0v) is 14.9. The summed E-state index contributed by atoms with van der Waals surface area (Å²) in [5, 5.41) is 3.06. The predicted octanol–water partition coefficient (Wildman–Crippen LogP) is 3.07. The van der Waals surface area contributed by atoms with Crippen LogP contribution in [0.15, 0.2) is 47.5 Å². The van der Waals surface area contributed by atoms with E-state index in [9.17, 15) is 0 Å². The first-order valence-corrected chi connectivity index (χ1v) is 8.08. The summed E-state index contributed by atoms with van der Waals surface area (Å²) >= 11 is 0. The molecule has 0 aliphatic heterocycles. The number of guanidine groups is 1. The minimum Gasteiger partial charge on any atom is -0.495 e. The first kappa shape index (κ1) is 18.4. The number of anilines is 1. The smallest absolute Gasteiger partial charge is 0.193 e. The lowest BCUT2D eigenvalue weighted by Crippen LogP contribution is -2.23. The number of nitrogens with one attached hydrogen (secondary N) is 1. The van der Waals surface area contributed by atoms with Crippen molar-refractivity contribution in [3.63, 3.8) is 0 Å². The topological polar surface area (TPSA) is 78.1 Å². The van der Waals surface area contributed by atoms with Gasteiger partial charge < -0.3 is 25.3 Å². The zero-order chi connectivity index (χ0) is 18.1. The molecule has 2 aromatic carbocycles. The van der Waals surface area contributed by atoms with E-state index >= 15 is 0 Å². The summed E-state index contributed by atoms with van der Waals surface area (Å²) < 4.78 is 15.8. The number of aliphatic imine (C=N–C) groups is 1. The van der Waals surface area contributed by atoms with E-state index in [2.05, 4.69) is 10.3 Å². The summed E-state index contributed by atoms with van der Waals surface area (Å²) in [6.45, 7) is 0.627. The number of hydrogen-bond acceptors (Lipinski definition) is 4. The van der Waals surface area contributed by atoms with Crippen LogP contribution in [0.25, 0.3) is 0 Å². The van der Waals surface area contributed by atoms with E-state index in [0.29, 0.717) is 12.5 Å². The highest BCUT2D eigenvalue weighted by Gasteiger charge is 2.05. The fraction of sp³-hybridized carbons (Fsp3) is 0.316. The highest BCUT2D eigenvalue weighted by Crippen LogP contribution is 2.28. The van der Waals surface area contributed by atoms with Crippen molar-refractivity contribution in [2.24, 2.45) is 10.7 Å². The third-order valence-electron chi connectivity index (χ3n) is 3.72. The van der Waals surface area contributed by atoms with Crippen LogP contribution in [0.3, 0.4) is 0 Å². The van der Waals surface area contributed by atoms with Crippen molar-refractivity contribution in [1.82, 2.24) is 0 Å². The molecule has 134 valence electrons. The SMILES string of the molecule is COc1ccccc1NC(N)=NCCCc1ccc(OC)c(OC)c1. The van der Waals surface area contributed by atoms with E-state index in [1.54, 1.807) is 21.3 Å². The van der Waals surface area contributed by atoms with E-state index in [4.69, 9.17) is 19.9 Å². The molecule has 6 nitrogen and oxygen atoms in total. The molecule has 2 aromatic rings. The van der Waals surface area contributed by atoms with Gasteiger partial charge in [-0.15, -0.1) is 0 Å². The van der Waals surface area contributed by atoms with E-state index in [1.165, 1.54) is 5.56 Å². The molecular weight excluding hydrogens is 318 g/mol. The fourth-order valence-corrected chi connectivity index (χ4v) is 2.44. The summed E-state index contributed by atoms with van der Waals surface area (Å²) in [7, 11) is 4.89. The van der Waals surface area contributed by atoms with Crippen molar-refractivity contribution in [3.05, 3.63) is 48.0 Å². The van der Waals surface area contributed by atoms with Crippen LogP contribution in [0.5, 0.6) is 17.2 Å². The summed E-state index contributed by atoms with van der Waals surface area (Å²) in [6.07, 6.45) is 1.76. The third-order valence-corrected chi connectivity index (χ3v) is 3.72. The molecule has 0 amide bonds. The Morgan fingerprint density at radius 3 is 2.40 bits per heavy atom. The lowest BCUT2D eigenvalue weighted by molar-refractivity contribution is 0.354. The number of methoxy groups -OCH3 is 3. The monoisotopic (exact) mass is 343 g/mol. The van der Waals surface area contributed by atoms with Gasteiger partial charge in [0, 0.05) is 6.54 Å². The van der Waals surface area contributed by atoms with Gasteiger partial charge in [-0.25, -0.2) is 0 Å². The molecule has 0 saturated carbocycles. The van der Waals surface area contributed by atoms with Crippen LogP contribution in [0.4, 0.5) is 5.69 Å². The van der Waals surface area contributed by atoms with Gasteiger partial charge in [-0.1, -0.05) is 18.2 Å². The molecule has 6 heteroatoms. The number of nitrogens with zero attached hydrogens (tertiary/aromatic N) is 1. The molecule has 0 saturated heterocycles. The minimum absolute atomic E-state index is 0.372. The molecule has 0 spiro atoms. The largest absolute Gasteiger partial charge is 0.495 e. The number of benzene rings is 2. The lowest BCUT2D eigenvalue weighted by Gasteiger charge is -2.10. The molecular formula is C19H25N3O3. The van der Waals surface area contributed by atoms with Crippen LogP contribution in [-0.4, -0.2) is 33.8 Å². The van der Waals surface area contributed by atoms with Crippen molar-refractivity contribution >= 4 is 11.6 Å². The standard InChI is InChI=1S/C19H25N3O3/c1-23-16-9-5-4-8-15(16)22-19(20)21-12-6-7-14-10-11-17(24-2)18(13-14)25-3/h4-5,8-11,13H,6-7,12H2,1-3H3,(H3,20,21,22). The second-order valence-corrected chi connectivity index (χ2v) is 5.39. The van der Waals surface area contributed by atoms with Crippen molar-refractivity contribution in [2.75, 3.05) is 33.2 Å². The molecule has 0 radical (unpaired) electrons. The third kappa shape index (κ3) is 5.31. The molecule has 2 rings (SSSR count). The Kier molecular flexibility index (Phi) is 6.95. The van der Waals surface area contributed by atoms with Gasteiger partial charge in [0.2, 0.25) is 0 Å². The van der Waals surface area contributed by atoms with Crippen LogP contribution in [0.1, 0.15) is 12.0 Å². The Labute approximate surface area is 148 Å².